The van der Waals surface area contributed by atoms with Gasteiger partial charge in [0.15, 0.2) is 0 Å². The summed E-state index contributed by atoms with van der Waals surface area (Å²) in [5.41, 5.74) is 0. The molecular formula is C10H20O3. The number of hydrogen-bond donors (Lipinski definition) is 0. The average Bonchev–Trinajstić information content (AvgIpc) is 2.17. The van der Waals surface area contributed by atoms with Crippen LogP contribution in [0.1, 0.15) is 40.0 Å². The molecular weight excluding hydrogens is 168 g/mol. The second-order valence-electron chi connectivity index (χ2n) is 2.94. The maximum atomic E-state index is 10.8. The zero-order chi connectivity index (χ0) is 10.1. The Bertz CT molecular complexity index is 134. The van der Waals surface area contributed by atoms with Crippen LogP contribution in [0.2, 0.25) is 0 Å². The smallest absolute Gasteiger partial charge is 0.305 e. The Morgan fingerprint density at radius 1 is 1.31 bits per heavy atom. The first kappa shape index (κ1) is 12.4. The van der Waals surface area contributed by atoms with Crippen molar-refractivity contribution in [2.75, 3.05) is 13.2 Å². The first-order valence-electron chi connectivity index (χ1n) is 5.01. The molecule has 3 nitrogen and oxygen atoms in total. The van der Waals surface area contributed by atoms with Crippen molar-refractivity contribution in [1.29, 1.82) is 0 Å². The average molecular weight is 188 g/mol. The van der Waals surface area contributed by atoms with Crippen LogP contribution in [0, 0.1) is 0 Å². The van der Waals surface area contributed by atoms with Crippen LogP contribution in [0.5, 0.6) is 0 Å². The van der Waals surface area contributed by atoms with Crippen LogP contribution >= 0.6 is 0 Å². The fourth-order valence-electron chi connectivity index (χ4n) is 0.856. The third-order valence-electron chi connectivity index (χ3n) is 1.73. The minimum absolute atomic E-state index is 0.0652. The molecule has 0 aromatic heterocycles. The van der Waals surface area contributed by atoms with Gasteiger partial charge in [-0.2, -0.15) is 0 Å². The molecule has 13 heavy (non-hydrogen) atoms. The van der Waals surface area contributed by atoms with E-state index < -0.39 is 0 Å². The molecule has 0 fully saturated rings. The van der Waals surface area contributed by atoms with E-state index in [1.54, 1.807) is 6.92 Å². The van der Waals surface area contributed by atoms with Gasteiger partial charge in [0.05, 0.1) is 6.10 Å². The third kappa shape index (κ3) is 6.58. The monoisotopic (exact) mass is 188 g/mol. The molecule has 1 unspecified atom stereocenters. The highest BCUT2D eigenvalue weighted by atomic mass is 16.6. The standard InChI is InChI=1S/C10H20O3/c1-4-7-12-9(5-2)8-13-10(11)6-3/h9H,4-8H2,1-3H3. The highest BCUT2D eigenvalue weighted by Gasteiger charge is 2.08. The van der Waals surface area contributed by atoms with Crippen LogP contribution in [0.3, 0.4) is 0 Å². The summed E-state index contributed by atoms with van der Waals surface area (Å²) in [4.78, 5) is 10.8. The lowest BCUT2D eigenvalue weighted by atomic mass is 10.3. The number of carbonyl (C=O) groups excluding carboxylic acids is 1. The van der Waals surface area contributed by atoms with Gasteiger partial charge in [0.2, 0.25) is 0 Å². The van der Waals surface area contributed by atoms with E-state index in [0.717, 1.165) is 19.4 Å². The second-order valence-corrected chi connectivity index (χ2v) is 2.94. The minimum atomic E-state index is -0.154. The lowest BCUT2D eigenvalue weighted by Crippen LogP contribution is -2.21. The van der Waals surface area contributed by atoms with Gasteiger partial charge in [0, 0.05) is 13.0 Å². The maximum absolute atomic E-state index is 10.8. The number of ether oxygens (including phenoxy) is 2. The normalized spacial score (nSPS) is 12.5. The molecule has 0 heterocycles. The number of esters is 1. The molecule has 0 saturated heterocycles. The molecule has 0 aromatic rings. The Kier molecular flexibility index (Phi) is 7.69. The topological polar surface area (TPSA) is 35.5 Å². The summed E-state index contributed by atoms with van der Waals surface area (Å²) in [5.74, 6) is -0.154. The Hall–Kier alpha value is -0.570. The lowest BCUT2D eigenvalue weighted by molar-refractivity contribution is -0.147. The minimum Gasteiger partial charge on any atom is -0.463 e. The summed E-state index contributed by atoms with van der Waals surface area (Å²) in [6.07, 6.45) is 2.38. The highest BCUT2D eigenvalue weighted by Crippen LogP contribution is 2.00. The molecule has 0 radical (unpaired) electrons. The summed E-state index contributed by atoms with van der Waals surface area (Å²) in [6.45, 7) is 7.01. The predicted octanol–water partition coefficient (Wildman–Crippen LogP) is 2.14. The molecule has 0 aliphatic carbocycles. The number of carbonyl (C=O) groups is 1. The van der Waals surface area contributed by atoms with E-state index in [9.17, 15) is 4.79 Å². The van der Waals surface area contributed by atoms with Crippen LogP contribution in [-0.4, -0.2) is 25.3 Å². The Morgan fingerprint density at radius 2 is 2.00 bits per heavy atom. The van der Waals surface area contributed by atoms with Gasteiger partial charge in [-0.25, -0.2) is 0 Å². The van der Waals surface area contributed by atoms with E-state index in [0.29, 0.717) is 13.0 Å². The SMILES string of the molecule is CCCOC(CC)COC(=O)CC. The van der Waals surface area contributed by atoms with Crippen LogP contribution in [0.15, 0.2) is 0 Å². The van der Waals surface area contributed by atoms with Gasteiger partial charge in [-0.1, -0.05) is 20.8 Å². The van der Waals surface area contributed by atoms with Crippen molar-refractivity contribution in [2.24, 2.45) is 0 Å². The molecule has 0 saturated carbocycles. The first-order chi connectivity index (χ1) is 6.24. The van der Waals surface area contributed by atoms with Crippen molar-refractivity contribution in [2.45, 2.75) is 46.1 Å². The zero-order valence-electron chi connectivity index (χ0n) is 8.84. The molecule has 0 aliphatic heterocycles. The van der Waals surface area contributed by atoms with Crippen molar-refractivity contribution >= 4 is 5.97 Å². The van der Waals surface area contributed by atoms with Gasteiger partial charge < -0.3 is 9.47 Å². The van der Waals surface area contributed by atoms with E-state index in [1.807, 2.05) is 6.92 Å². The lowest BCUT2D eigenvalue weighted by Gasteiger charge is -2.15. The van der Waals surface area contributed by atoms with Gasteiger partial charge in [-0.05, 0) is 12.8 Å². The molecule has 0 rings (SSSR count). The fourth-order valence-corrected chi connectivity index (χ4v) is 0.856. The van der Waals surface area contributed by atoms with Crippen molar-refractivity contribution in [3.05, 3.63) is 0 Å². The van der Waals surface area contributed by atoms with Gasteiger partial charge in [0.25, 0.3) is 0 Å². The van der Waals surface area contributed by atoms with E-state index in [1.165, 1.54) is 0 Å². The zero-order valence-corrected chi connectivity index (χ0v) is 8.84. The third-order valence-corrected chi connectivity index (χ3v) is 1.73. The van der Waals surface area contributed by atoms with Crippen LogP contribution in [0.25, 0.3) is 0 Å². The van der Waals surface area contributed by atoms with Gasteiger partial charge in [-0.3, -0.25) is 4.79 Å². The molecule has 0 spiro atoms. The van der Waals surface area contributed by atoms with E-state index in [-0.39, 0.29) is 12.1 Å². The van der Waals surface area contributed by atoms with Crippen molar-refractivity contribution < 1.29 is 14.3 Å². The first-order valence-corrected chi connectivity index (χ1v) is 5.01. The van der Waals surface area contributed by atoms with Gasteiger partial charge in [-0.15, -0.1) is 0 Å². The van der Waals surface area contributed by atoms with Crippen molar-refractivity contribution in [1.82, 2.24) is 0 Å². The van der Waals surface area contributed by atoms with Crippen LogP contribution < -0.4 is 0 Å². The molecule has 1 atom stereocenters. The maximum Gasteiger partial charge on any atom is 0.305 e. The number of rotatable bonds is 7. The van der Waals surface area contributed by atoms with E-state index in [2.05, 4.69) is 6.92 Å². The second kappa shape index (κ2) is 8.05. The van der Waals surface area contributed by atoms with E-state index >= 15 is 0 Å². The van der Waals surface area contributed by atoms with Crippen molar-refractivity contribution in [3.8, 4) is 0 Å². The predicted molar refractivity (Wildman–Crippen MR) is 51.6 cm³/mol. The molecule has 3 heteroatoms. The molecule has 78 valence electrons. The molecule has 0 aromatic carbocycles. The van der Waals surface area contributed by atoms with Gasteiger partial charge >= 0.3 is 5.97 Å². The quantitative estimate of drug-likeness (QED) is 0.574. The largest absolute Gasteiger partial charge is 0.463 e. The van der Waals surface area contributed by atoms with E-state index in [4.69, 9.17) is 9.47 Å². The number of hydrogen-bond acceptors (Lipinski definition) is 3. The Balaban J connectivity index is 3.52. The highest BCUT2D eigenvalue weighted by molar-refractivity contribution is 5.68. The summed E-state index contributed by atoms with van der Waals surface area (Å²) in [6, 6.07) is 0. The Morgan fingerprint density at radius 3 is 2.46 bits per heavy atom. The summed E-state index contributed by atoms with van der Waals surface area (Å²) < 4.78 is 10.4. The van der Waals surface area contributed by atoms with Gasteiger partial charge in [0.1, 0.15) is 6.61 Å². The summed E-state index contributed by atoms with van der Waals surface area (Å²) >= 11 is 0. The molecule has 0 amide bonds. The van der Waals surface area contributed by atoms with Crippen LogP contribution in [0.4, 0.5) is 0 Å². The summed E-state index contributed by atoms with van der Waals surface area (Å²) in [5, 5.41) is 0. The Labute approximate surface area is 80.4 Å². The van der Waals surface area contributed by atoms with Crippen molar-refractivity contribution in [3.63, 3.8) is 0 Å². The fraction of sp³-hybridized carbons (Fsp3) is 0.900. The molecule has 0 aliphatic rings. The molecule has 0 bridgehead atoms. The molecule has 0 N–H and O–H groups in total. The summed E-state index contributed by atoms with van der Waals surface area (Å²) in [7, 11) is 0. The van der Waals surface area contributed by atoms with Crippen LogP contribution in [-0.2, 0) is 14.3 Å².